The van der Waals surface area contributed by atoms with Gasteiger partial charge in [0, 0.05) is 28.9 Å². The summed E-state index contributed by atoms with van der Waals surface area (Å²) in [5.74, 6) is -0.0100. The number of carbonyl (C=O) groups is 1. The molecule has 2 heterocycles. The van der Waals surface area contributed by atoms with Crippen molar-refractivity contribution < 1.29 is 9.90 Å². The van der Waals surface area contributed by atoms with Crippen LogP contribution >= 0.6 is 11.3 Å². The van der Waals surface area contributed by atoms with E-state index in [2.05, 4.69) is 15.3 Å². The highest BCUT2D eigenvalue weighted by atomic mass is 32.1. The number of carbonyl (C=O) groups excluding carboxylic acids is 1. The van der Waals surface area contributed by atoms with E-state index in [-0.39, 0.29) is 11.7 Å². The zero-order valence-corrected chi connectivity index (χ0v) is 11.7. The summed E-state index contributed by atoms with van der Waals surface area (Å²) in [6.07, 6.45) is 3.14. The Bertz CT molecular complexity index is 754. The quantitative estimate of drug-likeness (QED) is 0.778. The van der Waals surface area contributed by atoms with E-state index < -0.39 is 0 Å². The summed E-state index contributed by atoms with van der Waals surface area (Å²) in [5.41, 5.74) is 2.17. The summed E-state index contributed by atoms with van der Waals surface area (Å²) < 4.78 is 0. The van der Waals surface area contributed by atoms with Crippen LogP contribution in [0.5, 0.6) is 5.75 Å². The molecule has 0 aliphatic carbocycles. The smallest absolute Gasteiger partial charge is 0.257 e. The molecule has 21 heavy (non-hydrogen) atoms. The highest BCUT2D eigenvalue weighted by Gasteiger charge is 2.09. The summed E-state index contributed by atoms with van der Waals surface area (Å²) in [6, 6.07) is 10.0. The van der Waals surface area contributed by atoms with E-state index >= 15 is 0 Å². The topological polar surface area (TPSA) is 75.1 Å². The Labute approximate surface area is 124 Å². The fourth-order valence-electron chi connectivity index (χ4n) is 1.77. The summed E-state index contributed by atoms with van der Waals surface area (Å²) in [4.78, 5) is 20.2. The highest BCUT2D eigenvalue weighted by molar-refractivity contribution is 7.14. The fourth-order valence-corrected chi connectivity index (χ4v) is 2.48. The van der Waals surface area contributed by atoms with Crippen molar-refractivity contribution in [1.82, 2.24) is 9.97 Å². The predicted octanol–water partition coefficient (Wildman–Crippen LogP) is 3.16. The van der Waals surface area contributed by atoms with Gasteiger partial charge in [-0.25, -0.2) is 4.98 Å². The van der Waals surface area contributed by atoms with Crippen molar-refractivity contribution in [3.05, 3.63) is 59.7 Å². The first-order chi connectivity index (χ1) is 10.2. The molecule has 1 amide bonds. The molecular weight excluding hydrogens is 286 g/mol. The maximum atomic E-state index is 12.0. The van der Waals surface area contributed by atoms with Crippen molar-refractivity contribution in [2.45, 2.75) is 0 Å². The lowest BCUT2D eigenvalue weighted by molar-refractivity contribution is 0.102. The van der Waals surface area contributed by atoms with Gasteiger partial charge in [-0.3, -0.25) is 15.1 Å². The number of aromatic nitrogens is 2. The lowest BCUT2D eigenvalue weighted by Gasteiger charge is -2.00. The van der Waals surface area contributed by atoms with Gasteiger partial charge >= 0.3 is 0 Å². The number of hydrogen-bond acceptors (Lipinski definition) is 5. The molecule has 2 aromatic heterocycles. The number of anilines is 1. The van der Waals surface area contributed by atoms with Crippen molar-refractivity contribution in [1.29, 1.82) is 0 Å². The lowest BCUT2D eigenvalue weighted by atomic mass is 10.2. The number of phenols is 1. The molecule has 0 fully saturated rings. The van der Waals surface area contributed by atoms with Gasteiger partial charge in [0.2, 0.25) is 0 Å². The van der Waals surface area contributed by atoms with Crippen LogP contribution < -0.4 is 5.32 Å². The molecule has 104 valence electrons. The summed E-state index contributed by atoms with van der Waals surface area (Å²) in [6.45, 7) is 0. The molecule has 5 nitrogen and oxygen atoms in total. The Kier molecular flexibility index (Phi) is 3.61. The Balaban J connectivity index is 1.76. The minimum absolute atomic E-state index is 0.209. The largest absolute Gasteiger partial charge is 0.508 e. The second-order valence-electron chi connectivity index (χ2n) is 4.27. The van der Waals surface area contributed by atoms with Gasteiger partial charge in [0.05, 0.1) is 5.69 Å². The van der Waals surface area contributed by atoms with Crippen LogP contribution in [0.25, 0.3) is 11.3 Å². The van der Waals surface area contributed by atoms with E-state index in [1.54, 1.807) is 48.8 Å². The molecule has 1 aromatic carbocycles. The van der Waals surface area contributed by atoms with Gasteiger partial charge in [0.1, 0.15) is 5.75 Å². The lowest BCUT2D eigenvalue weighted by Crippen LogP contribution is -2.11. The van der Waals surface area contributed by atoms with Gasteiger partial charge in [-0.15, -0.1) is 11.3 Å². The zero-order valence-electron chi connectivity index (χ0n) is 10.9. The summed E-state index contributed by atoms with van der Waals surface area (Å²) in [5, 5.41) is 14.4. The number of phenolic OH excluding ortho intramolecular Hbond substituents is 1. The second kappa shape index (κ2) is 5.72. The molecule has 0 atom stereocenters. The van der Waals surface area contributed by atoms with Crippen molar-refractivity contribution in [3.63, 3.8) is 0 Å². The monoisotopic (exact) mass is 297 g/mol. The minimum atomic E-state index is -0.219. The number of rotatable bonds is 3. The molecule has 2 N–H and O–H groups in total. The van der Waals surface area contributed by atoms with Crippen LogP contribution in [-0.2, 0) is 0 Å². The van der Waals surface area contributed by atoms with Crippen LogP contribution in [-0.4, -0.2) is 21.0 Å². The third kappa shape index (κ3) is 3.06. The van der Waals surface area contributed by atoms with Crippen LogP contribution in [0.4, 0.5) is 5.13 Å². The molecule has 0 aliphatic rings. The number of amides is 1. The maximum absolute atomic E-state index is 12.0. The number of thiazole rings is 1. The Hall–Kier alpha value is -2.73. The third-order valence-electron chi connectivity index (χ3n) is 2.83. The van der Waals surface area contributed by atoms with Crippen LogP contribution in [0.3, 0.4) is 0 Å². The second-order valence-corrected chi connectivity index (χ2v) is 5.13. The number of pyridine rings is 1. The van der Waals surface area contributed by atoms with Gasteiger partial charge in [-0.2, -0.15) is 0 Å². The van der Waals surface area contributed by atoms with Gasteiger partial charge < -0.3 is 5.11 Å². The first-order valence-electron chi connectivity index (χ1n) is 6.19. The van der Waals surface area contributed by atoms with E-state index in [4.69, 9.17) is 0 Å². The Morgan fingerprint density at radius 1 is 1.10 bits per heavy atom. The molecule has 3 rings (SSSR count). The molecule has 0 radical (unpaired) electrons. The average molecular weight is 297 g/mol. The van der Waals surface area contributed by atoms with Crippen molar-refractivity contribution >= 4 is 22.4 Å². The molecule has 3 aromatic rings. The van der Waals surface area contributed by atoms with Gasteiger partial charge in [-0.05, 0) is 36.4 Å². The van der Waals surface area contributed by atoms with Crippen LogP contribution in [0.15, 0.2) is 54.2 Å². The highest BCUT2D eigenvalue weighted by Crippen LogP contribution is 2.26. The normalized spacial score (nSPS) is 10.3. The number of nitrogens with one attached hydrogen (secondary N) is 1. The minimum Gasteiger partial charge on any atom is -0.508 e. The first-order valence-corrected chi connectivity index (χ1v) is 7.06. The summed E-state index contributed by atoms with van der Waals surface area (Å²) >= 11 is 1.35. The molecule has 0 bridgehead atoms. The summed E-state index contributed by atoms with van der Waals surface area (Å²) in [7, 11) is 0. The maximum Gasteiger partial charge on any atom is 0.257 e. The van der Waals surface area contributed by atoms with Crippen LogP contribution in [0.2, 0.25) is 0 Å². The number of hydrogen-bond donors (Lipinski definition) is 2. The first kappa shape index (κ1) is 13.3. The third-order valence-corrected chi connectivity index (χ3v) is 3.59. The van der Waals surface area contributed by atoms with E-state index in [1.165, 1.54) is 11.3 Å². The Morgan fingerprint density at radius 2 is 1.81 bits per heavy atom. The molecule has 0 aliphatic heterocycles. The van der Waals surface area contributed by atoms with E-state index in [0.29, 0.717) is 10.7 Å². The molecule has 0 saturated carbocycles. The molecule has 0 saturated heterocycles. The Morgan fingerprint density at radius 3 is 2.52 bits per heavy atom. The van der Waals surface area contributed by atoms with Gasteiger partial charge in [0.15, 0.2) is 5.13 Å². The number of benzene rings is 1. The predicted molar refractivity (Wildman–Crippen MR) is 81.4 cm³/mol. The van der Waals surface area contributed by atoms with Gasteiger partial charge in [0.25, 0.3) is 5.91 Å². The van der Waals surface area contributed by atoms with Crippen molar-refractivity contribution in [2.75, 3.05) is 5.32 Å². The standard InChI is InChI=1S/C15H11N3O2S/c19-12-3-1-10(2-4-12)13-9-21-15(17-13)18-14(20)11-5-7-16-8-6-11/h1-9,19H,(H,17,18,20). The van der Waals surface area contributed by atoms with E-state index in [0.717, 1.165) is 11.3 Å². The SMILES string of the molecule is O=C(Nc1nc(-c2ccc(O)cc2)cs1)c1ccncc1. The van der Waals surface area contributed by atoms with E-state index in [1.807, 2.05) is 5.38 Å². The molecule has 6 heteroatoms. The van der Waals surface area contributed by atoms with Crippen LogP contribution in [0, 0.1) is 0 Å². The molecular formula is C15H11N3O2S. The van der Waals surface area contributed by atoms with Gasteiger partial charge in [-0.1, -0.05) is 0 Å². The molecule has 0 unspecified atom stereocenters. The van der Waals surface area contributed by atoms with Crippen LogP contribution in [0.1, 0.15) is 10.4 Å². The molecule has 0 spiro atoms. The number of aromatic hydroxyl groups is 1. The fraction of sp³-hybridized carbons (Fsp3) is 0. The van der Waals surface area contributed by atoms with Crippen molar-refractivity contribution in [2.24, 2.45) is 0 Å². The number of nitrogens with zero attached hydrogens (tertiary/aromatic N) is 2. The zero-order chi connectivity index (χ0) is 14.7. The van der Waals surface area contributed by atoms with Crippen molar-refractivity contribution in [3.8, 4) is 17.0 Å². The average Bonchev–Trinajstić information content (AvgIpc) is 2.97. The van der Waals surface area contributed by atoms with E-state index in [9.17, 15) is 9.90 Å².